The third-order valence-electron chi connectivity index (χ3n) is 5.99. The number of halogens is 1. The van der Waals surface area contributed by atoms with Crippen molar-refractivity contribution in [2.24, 2.45) is 17.8 Å². The number of nitrogens with zero attached hydrogens (tertiary/aromatic N) is 1. The van der Waals surface area contributed by atoms with E-state index in [9.17, 15) is 4.79 Å². The third-order valence-corrected chi connectivity index (χ3v) is 5.99. The highest BCUT2D eigenvalue weighted by molar-refractivity contribution is 5.85. The van der Waals surface area contributed by atoms with E-state index in [2.05, 4.69) is 24.1 Å². The second-order valence-electron chi connectivity index (χ2n) is 7.52. The summed E-state index contributed by atoms with van der Waals surface area (Å²) in [5.74, 6) is 3.01. The summed E-state index contributed by atoms with van der Waals surface area (Å²) in [6.45, 7) is 7.33. The molecule has 3 nitrogen and oxygen atoms in total. The van der Waals surface area contributed by atoms with Gasteiger partial charge in [0.05, 0.1) is 0 Å². The summed E-state index contributed by atoms with van der Waals surface area (Å²) in [5.41, 5.74) is 0.190. The zero-order valence-corrected chi connectivity index (χ0v) is 14.4. The number of hydrogen-bond acceptors (Lipinski definition) is 2. The molecule has 0 radical (unpaired) electrons. The van der Waals surface area contributed by atoms with E-state index in [0.29, 0.717) is 12.3 Å². The highest BCUT2D eigenvalue weighted by Crippen LogP contribution is 2.55. The largest absolute Gasteiger partial charge is 0.351 e. The molecule has 0 aromatic carbocycles. The molecule has 0 aromatic rings. The molecule has 0 aromatic heterocycles. The van der Waals surface area contributed by atoms with Crippen molar-refractivity contribution in [3.05, 3.63) is 0 Å². The minimum absolute atomic E-state index is 0. The van der Waals surface area contributed by atoms with Gasteiger partial charge in [-0.25, -0.2) is 0 Å². The van der Waals surface area contributed by atoms with Gasteiger partial charge in [-0.1, -0.05) is 13.8 Å². The van der Waals surface area contributed by atoms with Crippen LogP contribution in [0.2, 0.25) is 0 Å². The van der Waals surface area contributed by atoms with Gasteiger partial charge in [0.1, 0.15) is 0 Å². The van der Waals surface area contributed by atoms with Gasteiger partial charge >= 0.3 is 0 Å². The maximum Gasteiger partial charge on any atom is 0.221 e. The summed E-state index contributed by atoms with van der Waals surface area (Å²) in [5, 5.41) is 3.46. The van der Waals surface area contributed by atoms with Crippen molar-refractivity contribution >= 4 is 18.3 Å². The van der Waals surface area contributed by atoms with Crippen LogP contribution in [0.5, 0.6) is 0 Å². The topological polar surface area (TPSA) is 32.3 Å². The van der Waals surface area contributed by atoms with E-state index in [1.54, 1.807) is 0 Å². The van der Waals surface area contributed by atoms with Crippen LogP contribution in [0, 0.1) is 17.8 Å². The lowest BCUT2D eigenvalue weighted by molar-refractivity contribution is -0.127. The van der Waals surface area contributed by atoms with Crippen molar-refractivity contribution in [1.82, 2.24) is 10.2 Å². The molecule has 4 heteroatoms. The first-order chi connectivity index (χ1) is 9.62. The predicted octanol–water partition coefficient (Wildman–Crippen LogP) is 3.23. The van der Waals surface area contributed by atoms with E-state index in [-0.39, 0.29) is 17.9 Å². The fourth-order valence-corrected chi connectivity index (χ4v) is 5.42. The summed E-state index contributed by atoms with van der Waals surface area (Å²) in [4.78, 5) is 14.7. The number of rotatable bonds is 6. The summed E-state index contributed by atoms with van der Waals surface area (Å²) in [6.07, 6.45) is 8.77. The SMILES string of the molecule is CCN(CC)CCC(=O)NC12CC3CC(CC(C3)C1)C2.Cl. The molecule has 4 fully saturated rings. The van der Waals surface area contributed by atoms with Crippen LogP contribution in [-0.4, -0.2) is 36.0 Å². The van der Waals surface area contributed by atoms with E-state index in [4.69, 9.17) is 0 Å². The monoisotopic (exact) mass is 314 g/mol. The number of carbonyl (C=O) groups is 1. The molecule has 1 amide bonds. The normalized spacial score (nSPS) is 36.6. The van der Waals surface area contributed by atoms with Gasteiger partial charge in [0.25, 0.3) is 0 Å². The minimum Gasteiger partial charge on any atom is -0.351 e. The van der Waals surface area contributed by atoms with E-state index in [0.717, 1.165) is 37.4 Å². The molecule has 122 valence electrons. The van der Waals surface area contributed by atoms with E-state index < -0.39 is 0 Å². The molecule has 0 aliphatic heterocycles. The highest BCUT2D eigenvalue weighted by Gasteiger charge is 2.51. The van der Waals surface area contributed by atoms with Crippen molar-refractivity contribution < 1.29 is 4.79 Å². The Labute approximate surface area is 135 Å². The highest BCUT2D eigenvalue weighted by atomic mass is 35.5. The molecule has 1 N–H and O–H groups in total. The maximum absolute atomic E-state index is 12.3. The number of carbonyl (C=O) groups excluding carboxylic acids is 1. The Kier molecular flexibility index (Phi) is 5.59. The number of amides is 1. The van der Waals surface area contributed by atoms with Crippen LogP contribution >= 0.6 is 12.4 Å². The smallest absolute Gasteiger partial charge is 0.221 e. The molecule has 4 aliphatic carbocycles. The molecule has 0 heterocycles. The minimum atomic E-state index is 0. The van der Waals surface area contributed by atoms with Crippen LogP contribution in [-0.2, 0) is 4.79 Å². The Hall–Kier alpha value is -0.280. The van der Waals surface area contributed by atoms with Gasteiger partial charge in [-0.2, -0.15) is 0 Å². The Morgan fingerprint density at radius 1 is 1.05 bits per heavy atom. The molecule has 0 spiro atoms. The standard InChI is InChI=1S/C17H30N2O.ClH/c1-3-19(4-2)6-5-16(20)18-17-10-13-7-14(11-17)9-15(8-13)12-17;/h13-15H,3-12H2,1-2H3,(H,18,20);1H. The fraction of sp³-hybridized carbons (Fsp3) is 0.941. The van der Waals surface area contributed by atoms with Crippen molar-refractivity contribution in [2.45, 2.75) is 64.3 Å². The van der Waals surface area contributed by atoms with E-state index >= 15 is 0 Å². The molecular weight excluding hydrogens is 284 g/mol. The second kappa shape index (κ2) is 6.87. The molecule has 0 unspecified atom stereocenters. The third kappa shape index (κ3) is 3.73. The summed E-state index contributed by atoms with van der Waals surface area (Å²) < 4.78 is 0. The van der Waals surface area contributed by atoms with Crippen molar-refractivity contribution in [3.8, 4) is 0 Å². The first kappa shape index (κ1) is 17.1. The van der Waals surface area contributed by atoms with Crippen LogP contribution in [0.3, 0.4) is 0 Å². The average molecular weight is 315 g/mol. The molecule has 4 bridgehead atoms. The first-order valence-electron chi connectivity index (χ1n) is 8.66. The van der Waals surface area contributed by atoms with Gasteiger partial charge in [-0.15, -0.1) is 12.4 Å². The Morgan fingerprint density at radius 3 is 1.95 bits per heavy atom. The van der Waals surface area contributed by atoms with Crippen LogP contribution in [0.1, 0.15) is 58.8 Å². The second-order valence-corrected chi connectivity index (χ2v) is 7.52. The summed E-state index contributed by atoms with van der Waals surface area (Å²) >= 11 is 0. The molecule has 21 heavy (non-hydrogen) atoms. The Bertz CT molecular complexity index is 333. The molecule has 4 saturated carbocycles. The van der Waals surface area contributed by atoms with E-state index in [1.165, 1.54) is 38.5 Å². The zero-order valence-electron chi connectivity index (χ0n) is 13.6. The summed E-state index contributed by atoms with van der Waals surface area (Å²) in [6, 6.07) is 0. The van der Waals surface area contributed by atoms with Crippen LogP contribution in [0.4, 0.5) is 0 Å². The molecule has 4 aliphatic rings. The Balaban J connectivity index is 0.00000161. The molecule has 4 rings (SSSR count). The first-order valence-corrected chi connectivity index (χ1v) is 8.66. The van der Waals surface area contributed by atoms with Gasteiger partial charge in [0.2, 0.25) is 5.91 Å². The van der Waals surface area contributed by atoms with Crippen molar-refractivity contribution in [1.29, 1.82) is 0 Å². The lowest BCUT2D eigenvalue weighted by atomic mass is 9.53. The average Bonchev–Trinajstić information content (AvgIpc) is 2.37. The molecule has 0 atom stereocenters. The fourth-order valence-electron chi connectivity index (χ4n) is 5.42. The Morgan fingerprint density at radius 2 is 1.52 bits per heavy atom. The van der Waals surface area contributed by atoms with Gasteiger partial charge in [0.15, 0.2) is 0 Å². The zero-order chi connectivity index (χ0) is 14.2. The summed E-state index contributed by atoms with van der Waals surface area (Å²) in [7, 11) is 0. The van der Waals surface area contributed by atoms with Gasteiger partial charge in [-0.05, 0) is 69.4 Å². The number of hydrogen-bond donors (Lipinski definition) is 1. The quantitative estimate of drug-likeness (QED) is 0.816. The molecular formula is C17H31ClN2O. The van der Waals surface area contributed by atoms with Crippen LogP contribution < -0.4 is 5.32 Å². The predicted molar refractivity (Wildman–Crippen MR) is 88.7 cm³/mol. The van der Waals surface area contributed by atoms with Gasteiger partial charge in [0, 0.05) is 18.5 Å². The van der Waals surface area contributed by atoms with Gasteiger partial charge in [-0.3, -0.25) is 4.79 Å². The van der Waals surface area contributed by atoms with Crippen LogP contribution in [0.25, 0.3) is 0 Å². The van der Waals surface area contributed by atoms with Crippen LogP contribution in [0.15, 0.2) is 0 Å². The van der Waals surface area contributed by atoms with Crippen molar-refractivity contribution in [2.75, 3.05) is 19.6 Å². The molecule has 0 saturated heterocycles. The lowest BCUT2D eigenvalue weighted by Crippen LogP contribution is -2.60. The van der Waals surface area contributed by atoms with E-state index in [1.807, 2.05) is 0 Å². The van der Waals surface area contributed by atoms with Gasteiger partial charge < -0.3 is 10.2 Å². The number of nitrogens with one attached hydrogen (secondary N) is 1. The van der Waals surface area contributed by atoms with Crippen molar-refractivity contribution in [3.63, 3.8) is 0 Å². The lowest BCUT2D eigenvalue weighted by Gasteiger charge is -2.57. The maximum atomic E-state index is 12.3.